The fourth-order valence-corrected chi connectivity index (χ4v) is 1.43. The molecule has 0 saturated carbocycles. The molecule has 1 aliphatic rings. The van der Waals surface area contributed by atoms with E-state index >= 15 is 0 Å². The van der Waals surface area contributed by atoms with Crippen LogP contribution >= 0.6 is 0 Å². The molecular formula is C9H12N4O. The van der Waals surface area contributed by atoms with Crippen molar-refractivity contribution in [1.29, 1.82) is 0 Å². The van der Waals surface area contributed by atoms with E-state index in [0.717, 1.165) is 12.8 Å². The molecule has 0 aliphatic heterocycles. The van der Waals surface area contributed by atoms with E-state index in [1.165, 1.54) is 0 Å². The van der Waals surface area contributed by atoms with Gasteiger partial charge in [-0.2, -0.15) is 0 Å². The molecule has 0 aromatic carbocycles. The Morgan fingerprint density at radius 2 is 2.29 bits per heavy atom. The summed E-state index contributed by atoms with van der Waals surface area (Å²) in [5.41, 5.74) is 0. The second-order valence-electron chi connectivity index (χ2n) is 3.36. The number of hydrogen-bond acceptors (Lipinski definition) is 3. The Kier molecular flexibility index (Phi) is 2.30. The van der Waals surface area contributed by atoms with Crippen LogP contribution in [0.15, 0.2) is 12.2 Å². The van der Waals surface area contributed by atoms with Crippen LogP contribution in [0.2, 0.25) is 0 Å². The number of nitrogens with zero attached hydrogens (tertiary/aromatic N) is 2. The SMILES string of the molecule is Cc1nc(C(=O)NC2CC=CC2)n[nH]1. The lowest BCUT2D eigenvalue weighted by molar-refractivity contribution is 0.0929. The average molecular weight is 192 g/mol. The first kappa shape index (κ1) is 8.93. The average Bonchev–Trinajstić information content (AvgIpc) is 2.75. The van der Waals surface area contributed by atoms with E-state index in [-0.39, 0.29) is 17.8 Å². The van der Waals surface area contributed by atoms with Gasteiger partial charge >= 0.3 is 0 Å². The monoisotopic (exact) mass is 192 g/mol. The number of aromatic nitrogens is 3. The molecule has 0 radical (unpaired) electrons. The number of hydrogen-bond donors (Lipinski definition) is 2. The summed E-state index contributed by atoms with van der Waals surface area (Å²) in [5.74, 6) is 0.664. The van der Waals surface area contributed by atoms with Gasteiger partial charge in [0.1, 0.15) is 5.82 Å². The molecule has 1 aromatic rings. The molecule has 0 spiro atoms. The van der Waals surface area contributed by atoms with Crippen molar-refractivity contribution >= 4 is 5.91 Å². The molecule has 2 N–H and O–H groups in total. The lowest BCUT2D eigenvalue weighted by atomic mass is 10.2. The number of carbonyl (C=O) groups excluding carboxylic acids is 1. The van der Waals surface area contributed by atoms with Gasteiger partial charge in [-0.15, -0.1) is 5.10 Å². The predicted molar refractivity (Wildman–Crippen MR) is 50.7 cm³/mol. The fraction of sp³-hybridized carbons (Fsp3) is 0.444. The van der Waals surface area contributed by atoms with Crippen LogP contribution in [0.3, 0.4) is 0 Å². The molecule has 0 unspecified atom stereocenters. The van der Waals surface area contributed by atoms with Gasteiger partial charge < -0.3 is 5.32 Å². The van der Waals surface area contributed by atoms with Gasteiger partial charge in [-0.05, 0) is 19.8 Å². The van der Waals surface area contributed by atoms with E-state index in [0.29, 0.717) is 5.82 Å². The number of aryl methyl sites for hydroxylation is 1. The van der Waals surface area contributed by atoms with Crippen molar-refractivity contribution in [3.05, 3.63) is 23.8 Å². The third-order valence-electron chi connectivity index (χ3n) is 2.14. The quantitative estimate of drug-likeness (QED) is 0.673. The van der Waals surface area contributed by atoms with Crippen LogP contribution in [-0.2, 0) is 0 Å². The number of carbonyl (C=O) groups is 1. The number of H-pyrrole nitrogens is 1. The summed E-state index contributed by atoms with van der Waals surface area (Å²) in [6.07, 6.45) is 5.92. The van der Waals surface area contributed by atoms with Crippen LogP contribution in [0.4, 0.5) is 0 Å². The summed E-state index contributed by atoms with van der Waals surface area (Å²) in [7, 11) is 0. The number of aromatic amines is 1. The van der Waals surface area contributed by atoms with Crippen molar-refractivity contribution < 1.29 is 4.79 Å². The lowest BCUT2D eigenvalue weighted by Gasteiger charge is -2.09. The molecule has 0 fully saturated rings. The van der Waals surface area contributed by atoms with Gasteiger partial charge in [0.25, 0.3) is 5.91 Å². The Bertz CT molecular complexity index is 361. The van der Waals surface area contributed by atoms with Gasteiger partial charge in [-0.1, -0.05) is 12.2 Å². The summed E-state index contributed by atoms with van der Waals surface area (Å²) in [6.45, 7) is 1.76. The summed E-state index contributed by atoms with van der Waals surface area (Å²) < 4.78 is 0. The Morgan fingerprint density at radius 3 is 2.86 bits per heavy atom. The van der Waals surface area contributed by atoms with Crippen molar-refractivity contribution in [2.24, 2.45) is 0 Å². The molecule has 5 nitrogen and oxygen atoms in total. The van der Waals surface area contributed by atoms with Crippen molar-refractivity contribution in [2.75, 3.05) is 0 Å². The molecular weight excluding hydrogens is 180 g/mol. The summed E-state index contributed by atoms with van der Waals surface area (Å²) in [5, 5.41) is 9.29. The maximum atomic E-state index is 11.5. The fourth-order valence-electron chi connectivity index (χ4n) is 1.43. The van der Waals surface area contributed by atoms with Gasteiger partial charge in [0.2, 0.25) is 5.82 Å². The van der Waals surface area contributed by atoms with E-state index < -0.39 is 0 Å². The van der Waals surface area contributed by atoms with E-state index in [1.807, 2.05) is 0 Å². The molecule has 1 heterocycles. The maximum Gasteiger partial charge on any atom is 0.291 e. The minimum Gasteiger partial charge on any atom is -0.346 e. The summed E-state index contributed by atoms with van der Waals surface area (Å²) >= 11 is 0. The van der Waals surface area contributed by atoms with Crippen molar-refractivity contribution in [2.45, 2.75) is 25.8 Å². The van der Waals surface area contributed by atoms with Crippen molar-refractivity contribution in [3.63, 3.8) is 0 Å². The molecule has 74 valence electrons. The first-order valence-corrected chi connectivity index (χ1v) is 4.60. The highest BCUT2D eigenvalue weighted by Crippen LogP contribution is 2.09. The molecule has 1 aliphatic carbocycles. The number of nitrogens with one attached hydrogen (secondary N) is 2. The van der Waals surface area contributed by atoms with E-state index in [2.05, 4.69) is 32.7 Å². The van der Waals surface area contributed by atoms with Crippen molar-refractivity contribution in [3.8, 4) is 0 Å². The molecule has 1 amide bonds. The van der Waals surface area contributed by atoms with Gasteiger partial charge in [0.05, 0.1) is 0 Å². The molecule has 2 rings (SSSR count). The maximum absolute atomic E-state index is 11.5. The minimum absolute atomic E-state index is 0.206. The third kappa shape index (κ3) is 1.81. The second kappa shape index (κ2) is 3.61. The predicted octanol–water partition coefficient (Wildman–Crippen LogP) is 0.562. The highest BCUT2D eigenvalue weighted by molar-refractivity contribution is 5.90. The minimum atomic E-state index is -0.206. The van der Waals surface area contributed by atoms with Crippen LogP contribution in [0, 0.1) is 6.92 Å². The summed E-state index contributed by atoms with van der Waals surface area (Å²) in [4.78, 5) is 15.5. The Labute approximate surface area is 81.6 Å². The van der Waals surface area contributed by atoms with Crippen LogP contribution in [-0.4, -0.2) is 27.1 Å². The van der Waals surface area contributed by atoms with Gasteiger partial charge in [-0.25, -0.2) is 4.98 Å². The zero-order chi connectivity index (χ0) is 9.97. The molecule has 0 saturated heterocycles. The lowest BCUT2D eigenvalue weighted by Crippen LogP contribution is -2.33. The van der Waals surface area contributed by atoms with Crippen LogP contribution in [0.5, 0.6) is 0 Å². The molecule has 5 heteroatoms. The zero-order valence-electron chi connectivity index (χ0n) is 7.95. The highest BCUT2D eigenvalue weighted by Gasteiger charge is 2.17. The zero-order valence-corrected chi connectivity index (χ0v) is 7.95. The van der Waals surface area contributed by atoms with Crippen LogP contribution < -0.4 is 5.32 Å². The number of rotatable bonds is 2. The smallest absolute Gasteiger partial charge is 0.291 e. The van der Waals surface area contributed by atoms with E-state index in [9.17, 15) is 4.79 Å². The molecule has 1 aromatic heterocycles. The van der Waals surface area contributed by atoms with Crippen LogP contribution in [0.1, 0.15) is 29.3 Å². The topological polar surface area (TPSA) is 70.7 Å². The van der Waals surface area contributed by atoms with Gasteiger partial charge in [0.15, 0.2) is 0 Å². The Hall–Kier alpha value is -1.65. The third-order valence-corrected chi connectivity index (χ3v) is 2.14. The second-order valence-corrected chi connectivity index (χ2v) is 3.36. The largest absolute Gasteiger partial charge is 0.346 e. The van der Waals surface area contributed by atoms with E-state index in [1.54, 1.807) is 6.92 Å². The summed E-state index contributed by atoms with van der Waals surface area (Å²) in [6, 6.07) is 0.210. The Balaban J connectivity index is 1.95. The van der Waals surface area contributed by atoms with Gasteiger partial charge in [-0.3, -0.25) is 9.89 Å². The normalized spacial score (nSPS) is 16.1. The first-order valence-electron chi connectivity index (χ1n) is 4.60. The van der Waals surface area contributed by atoms with Gasteiger partial charge in [0, 0.05) is 6.04 Å². The molecule has 0 atom stereocenters. The highest BCUT2D eigenvalue weighted by atomic mass is 16.2. The molecule has 0 bridgehead atoms. The molecule has 14 heavy (non-hydrogen) atoms. The standard InChI is InChI=1S/C9H12N4O/c1-6-10-8(13-12-6)9(14)11-7-4-2-3-5-7/h2-3,7H,4-5H2,1H3,(H,11,14)(H,10,12,13). The Morgan fingerprint density at radius 1 is 1.57 bits per heavy atom. The number of amides is 1. The van der Waals surface area contributed by atoms with Crippen molar-refractivity contribution in [1.82, 2.24) is 20.5 Å². The van der Waals surface area contributed by atoms with E-state index in [4.69, 9.17) is 0 Å². The van der Waals surface area contributed by atoms with Crippen LogP contribution in [0.25, 0.3) is 0 Å². The first-order chi connectivity index (χ1) is 6.75.